The normalized spacial score (nSPS) is 13.7. The number of hydrogen-bond acceptors (Lipinski definition) is 1. The fraction of sp³-hybridized carbons (Fsp3) is 0.235. The van der Waals surface area contributed by atoms with Crippen molar-refractivity contribution in [2.45, 2.75) is 25.2 Å². The molecule has 0 bridgehead atoms. The topological polar surface area (TPSA) is 37.3 Å². The summed E-state index contributed by atoms with van der Waals surface area (Å²) in [5.74, 6) is -1.32. The first-order chi connectivity index (χ1) is 9.99. The molecule has 2 rings (SSSR count). The van der Waals surface area contributed by atoms with E-state index in [-0.39, 0.29) is 12.2 Å². The van der Waals surface area contributed by atoms with Crippen LogP contribution in [-0.4, -0.2) is 11.1 Å². The lowest BCUT2D eigenvalue weighted by molar-refractivity contribution is -0.144. The third-order valence-electron chi connectivity index (χ3n) is 3.85. The molecule has 2 aromatic carbocycles. The van der Waals surface area contributed by atoms with E-state index in [9.17, 15) is 14.3 Å². The first kappa shape index (κ1) is 15.7. The summed E-state index contributed by atoms with van der Waals surface area (Å²) in [5.41, 5.74) is -0.00994. The lowest BCUT2D eigenvalue weighted by Crippen LogP contribution is -2.37. The summed E-state index contributed by atoms with van der Waals surface area (Å²) in [6, 6.07) is 13.7. The lowest BCUT2D eigenvalue weighted by Gasteiger charge is -2.29. The molecule has 21 heavy (non-hydrogen) atoms. The Bertz CT molecular complexity index is 642. The molecule has 0 amide bonds. The molecule has 0 heterocycles. The Balaban J connectivity index is 2.49. The minimum atomic E-state index is -1.12. The Morgan fingerprint density at radius 1 is 1.24 bits per heavy atom. The zero-order valence-electron chi connectivity index (χ0n) is 11.6. The maximum Gasteiger partial charge on any atom is 0.314 e. The minimum Gasteiger partial charge on any atom is -0.481 e. The molecule has 0 aliphatic heterocycles. The van der Waals surface area contributed by atoms with Gasteiger partial charge in [0.05, 0.1) is 5.41 Å². The molecule has 110 valence electrons. The molecule has 0 saturated heterocycles. The summed E-state index contributed by atoms with van der Waals surface area (Å²) >= 11 is 3.21. The largest absolute Gasteiger partial charge is 0.481 e. The van der Waals surface area contributed by atoms with Crippen LogP contribution >= 0.6 is 15.9 Å². The van der Waals surface area contributed by atoms with Gasteiger partial charge in [-0.25, -0.2) is 4.39 Å². The van der Waals surface area contributed by atoms with Crippen LogP contribution in [-0.2, 0) is 16.6 Å². The number of benzene rings is 2. The SMILES string of the molecule is CCC(Cc1ccc(Br)cc1F)(C(=O)O)c1ccccc1. The van der Waals surface area contributed by atoms with E-state index in [0.29, 0.717) is 22.0 Å². The average Bonchev–Trinajstić information content (AvgIpc) is 2.47. The van der Waals surface area contributed by atoms with Crippen LogP contribution in [0.3, 0.4) is 0 Å². The van der Waals surface area contributed by atoms with Gasteiger partial charge in [-0.1, -0.05) is 59.3 Å². The zero-order chi connectivity index (χ0) is 15.5. The van der Waals surface area contributed by atoms with Crippen molar-refractivity contribution in [3.8, 4) is 0 Å². The van der Waals surface area contributed by atoms with Gasteiger partial charge in [-0.3, -0.25) is 4.79 Å². The van der Waals surface area contributed by atoms with Crippen molar-refractivity contribution in [3.63, 3.8) is 0 Å². The fourth-order valence-corrected chi connectivity index (χ4v) is 2.86. The van der Waals surface area contributed by atoms with E-state index in [4.69, 9.17) is 0 Å². The van der Waals surface area contributed by atoms with Gasteiger partial charge in [0.25, 0.3) is 0 Å². The highest BCUT2D eigenvalue weighted by molar-refractivity contribution is 9.10. The molecule has 1 atom stereocenters. The molecule has 0 spiro atoms. The number of halogens is 2. The van der Waals surface area contributed by atoms with Gasteiger partial charge >= 0.3 is 5.97 Å². The highest BCUT2D eigenvalue weighted by Crippen LogP contribution is 2.33. The Morgan fingerprint density at radius 3 is 2.43 bits per heavy atom. The molecule has 4 heteroatoms. The number of aliphatic carboxylic acids is 1. The number of carboxylic acids is 1. The molecule has 0 fully saturated rings. The van der Waals surface area contributed by atoms with E-state index in [1.165, 1.54) is 6.07 Å². The van der Waals surface area contributed by atoms with Crippen LogP contribution in [0, 0.1) is 5.82 Å². The second kappa shape index (κ2) is 6.39. The third kappa shape index (κ3) is 3.16. The van der Waals surface area contributed by atoms with Crippen LogP contribution in [0.5, 0.6) is 0 Å². The molecule has 2 nitrogen and oxygen atoms in total. The van der Waals surface area contributed by atoms with Gasteiger partial charge in [0.1, 0.15) is 5.82 Å². The maximum absolute atomic E-state index is 14.1. The second-order valence-corrected chi connectivity index (χ2v) is 5.94. The third-order valence-corrected chi connectivity index (χ3v) is 4.34. The summed E-state index contributed by atoms with van der Waals surface area (Å²) in [6.45, 7) is 1.82. The molecule has 0 saturated carbocycles. The van der Waals surface area contributed by atoms with Gasteiger partial charge in [0, 0.05) is 4.47 Å². The minimum absolute atomic E-state index is 0.127. The van der Waals surface area contributed by atoms with Gasteiger partial charge < -0.3 is 5.11 Å². The van der Waals surface area contributed by atoms with Crippen LogP contribution < -0.4 is 0 Å². The number of rotatable bonds is 5. The predicted octanol–water partition coefficient (Wildman–Crippen LogP) is 4.56. The van der Waals surface area contributed by atoms with Crippen LogP contribution in [0.1, 0.15) is 24.5 Å². The molecular formula is C17H16BrFO2. The van der Waals surface area contributed by atoms with E-state index >= 15 is 0 Å². The van der Waals surface area contributed by atoms with E-state index < -0.39 is 11.4 Å². The van der Waals surface area contributed by atoms with Crippen LogP contribution in [0.15, 0.2) is 53.0 Å². The molecule has 0 aliphatic rings. The molecule has 0 aliphatic carbocycles. The monoisotopic (exact) mass is 350 g/mol. The summed E-state index contributed by atoms with van der Waals surface area (Å²) in [7, 11) is 0. The Morgan fingerprint density at radius 2 is 1.90 bits per heavy atom. The highest BCUT2D eigenvalue weighted by Gasteiger charge is 2.39. The zero-order valence-corrected chi connectivity index (χ0v) is 13.2. The lowest BCUT2D eigenvalue weighted by atomic mass is 9.73. The van der Waals surface area contributed by atoms with Gasteiger partial charge in [-0.15, -0.1) is 0 Å². The van der Waals surface area contributed by atoms with Crippen molar-refractivity contribution in [2.24, 2.45) is 0 Å². The standard InChI is InChI=1S/C17H16BrFO2/c1-2-17(16(20)21,13-6-4-3-5-7-13)11-12-8-9-14(18)10-15(12)19/h3-10H,2,11H2,1H3,(H,20,21). The number of carboxylic acid groups (broad SMARTS) is 1. The number of hydrogen-bond donors (Lipinski definition) is 1. The summed E-state index contributed by atoms with van der Waals surface area (Å²) in [4.78, 5) is 11.9. The second-order valence-electron chi connectivity index (χ2n) is 5.02. The highest BCUT2D eigenvalue weighted by atomic mass is 79.9. The van der Waals surface area contributed by atoms with E-state index in [0.717, 1.165) is 0 Å². The van der Waals surface area contributed by atoms with E-state index in [1.807, 2.05) is 13.0 Å². The maximum atomic E-state index is 14.1. The Hall–Kier alpha value is -1.68. The molecule has 0 radical (unpaired) electrons. The van der Waals surface area contributed by atoms with Gasteiger partial charge in [-0.05, 0) is 36.1 Å². The number of carbonyl (C=O) groups is 1. The van der Waals surface area contributed by atoms with Gasteiger partial charge in [-0.2, -0.15) is 0 Å². The molecular weight excluding hydrogens is 335 g/mol. The van der Waals surface area contributed by atoms with Gasteiger partial charge in [0.2, 0.25) is 0 Å². The van der Waals surface area contributed by atoms with Crippen molar-refractivity contribution in [3.05, 3.63) is 69.9 Å². The Kier molecular flexibility index (Phi) is 4.78. The van der Waals surface area contributed by atoms with Crippen LogP contribution in [0.2, 0.25) is 0 Å². The average molecular weight is 351 g/mol. The van der Waals surface area contributed by atoms with Crippen molar-refractivity contribution < 1.29 is 14.3 Å². The van der Waals surface area contributed by atoms with Crippen molar-refractivity contribution in [1.82, 2.24) is 0 Å². The Labute approximate surface area is 131 Å². The predicted molar refractivity (Wildman–Crippen MR) is 83.9 cm³/mol. The van der Waals surface area contributed by atoms with E-state index in [2.05, 4.69) is 15.9 Å². The summed E-state index contributed by atoms with van der Waals surface area (Å²) in [6.07, 6.45) is 0.518. The van der Waals surface area contributed by atoms with Crippen molar-refractivity contribution >= 4 is 21.9 Å². The van der Waals surface area contributed by atoms with Gasteiger partial charge in [0.15, 0.2) is 0 Å². The van der Waals surface area contributed by atoms with Crippen molar-refractivity contribution in [2.75, 3.05) is 0 Å². The molecule has 0 aromatic heterocycles. The van der Waals surface area contributed by atoms with E-state index in [1.54, 1.807) is 36.4 Å². The molecule has 1 unspecified atom stereocenters. The summed E-state index contributed by atoms with van der Waals surface area (Å²) < 4.78 is 14.7. The van der Waals surface area contributed by atoms with Crippen molar-refractivity contribution in [1.29, 1.82) is 0 Å². The quantitative estimate of drug-likeness (QED) is 0.857. The van der Waals surface area contributed by atoms with Crippen LogP contribution in [0.4, 0.5) is 4.39 Å². The first-order valence-electron chi connectivity index (χ1n) is 6.72. The summed E-state index contributed by atoms with van der Waals surface area (Å²) in [5, 5.41) is 9.75. The fourth-order valence-electron chi connectivity index (χ4n) is 2.53. The van der Waals surface area contributed by atoms with Crippen LogP contribution in [0.25, 0.3) is 0 Å². The smallest absolute Gasteiger partial charge is 0.314 e. The first-order valence-corrected chi connectivity index (χ1v) is 7.52. The molecule has 1 N–H and O–H groups in total. The molecule has 2 aromatic rings.